The summed E-state index contributed by atoms with van der Waals surface area (Å²) in [7, 11) is 0. The normalized spacial score (nSPS) is 21.8. The highest BCUT2D eigenvalue weighted by Crippen LogP contribution is 2.34. The minimum absolute atomic E-state index is 0.898. The average molecular weight is 165 g/mol. The predicted molar refractivity (Wildman–Crippen MR) is 54.9 cm³/mol. The molecule has 0 aromatic rings. The molecule has 1 radical (unpaired) electrons. The molecule has 0 nitrogen and oxygen atoms in total. The van der Waals surface area contributed by atoms with Crippen LogP contribution >= 0.6 is 0 Å². The van der Waals surface area contributed by atoms with Crippen LogP contribution in [-0.4, -0.2) is 0 Å². The van der Waals surface area contributed by atoms with E-state index in [4.69, 9.17) is 0 Å². The molecule has 69 valence electrons. The quantitative estimate of drug-likeness (QED) is 0.577. The van der Waals surface area contributed by atoms with Crippen LogP contribution in [-0.2, 0) is 0 Å². The van der Waals surface area contributed by atoms with Gasteiger partial charge in [0, 0.05) is 5.92 Å². The first-order valence-corrected chi connectivity index (χ1v) is 5.22. The number of hydrogen-bond donors (Lipinski definition) is 0. The van der Waals surface area contributed by atoms with Crippen molar-refractivity contribution in [1.29, 1.82) is 0 Å². The Bertz CT molecular complexity index is 149. The Morgan fingerprint density at radius 1 is 1.08 bits per heavy atom. The first kappa shape index (κ1) is 9.83. The fourth-order valence-corrected chi connectivity index (χ4v) is 2.09. The molecule has 0 heterocycles. The topological polar surface area (TPSA) is 0 Å². The zero-order chi connectivity index (χ0) is 8.97. The molecule has 0 N–H and O–H groups in total. The van der Waals surface area contributed by atoms with Crippen molar-refractivity contribution in [3.05, 3.63) is 17.6 Å². The van der Waals surface area contributed by atoms with Gasteiger partial charge in [-0.15, -0.1) is 0 Å². The van der Waals surface area contributed by atoms with Crippen molar-refractivity contribution in [1.82, 2.24) is 0 Å². The zero-order valence-electron chi connectivity index (χ0n) is 8.69. The van der Waals surface area contributed by atoms with E-state index in [9.17, 15) is 0 Å². The summed E-state index contributed by atoms with van der Waals surface area (Å²) in [5, 5.41) is 0. The molecule has 0 saturated heterocycles. The Labute approximate surface area is 77.1 Å². The van der Waals surface area contributed by atoms with Crippen LogP contribution in [0.5, 0.6) is 0 Å². The van der Waals surface area contributed by atoms with Crippen LogP contribution in [0.25, 0.3) is 0 Å². The maximum Gasteiger partial charge on any atom is 0.000242 e. The summed E-state index contributed by atoms with van der Waals surface area (Å²) in [5.41, 5.74) is 1.50. The van der Waals surface area contributed by atoms with Crippen molar-refractivity contribution in [2.45, 2.75) is 52.9 Å². The molecule has 1 rings (SSSR count). The zero-order valence-corrected chi connectivity index (χ0v) is 8.69. The number of hydrogen-bond acceptors (Lipinski definition) is 0. The van der Waals surface area contributed by atoms with Crippen LogP contribution in [0, 0.1) is 11.8 Å². The van der Waals surface area contributed by atoms with Gasteiger partial charge in [-0.3, -0.25) is 0 Å². The smallest absolute Gasteiger partial charge is 0.000242 e. The van der Waals surface area contributed by atoms with E-state index in [1.807, 2.05) is 0 Å². The van der Waals surface area contributed by atoms with Crippen molar-refractivity contribution >= 4 is 0 Å². The maximum atomic E-state index is 2.31. The van der Waals surface area contributed by atoms with Gasteiger partial charge >= 0.3 is 0 Å². The molecule has 1 aliphatic carbocycles. The Morgan fingerprint density at radius 3 is 2.17 bits per heavy atom. The molecule has 12 heavy (non-hydrogen) atoms. The second-order valence-corrected chi connectivity index (χ2v) is 3.99. The Morgan fingerprint density at radius 2 is 1.67 bits per heavy atom. The van der Waals surface area contributed by atoms with Gasteiger partial charge in [-0.05, 0) is 32.6 Å². The Balaban J connectivity index is 2.44. The summed E-state index contributed by atoms with van der Waals surface area (Å²) >= 11 is 0. The molecule has 0 bridgehead atoms. The first-order chi connectivity index (χ1) is 5.75. The van der Waals surface area contributed by atoms with Crippen LogP contribution < -0.4 is 0 Å². The highest BCUT2D eigenvalue weighted by molar-refractivity contribution is 5.21. The van der Waals surface area contributed by atoms with Crippen LogP contribution in [0.4, 0.5) is 0 Å². The van der Waals surface area contributed by atoms with Crippen molar-refractivity contribution in [3.8, 4) is 0 Å². The van der Waals surface area contributed by atoms with Gasteiger partial charge in [0.2, 0.25) is 0 Å². The number of allylic oxidation sites excluding steroid dienone is 2. The molecular formula is C12H21. The third-order valence-electron chi connectivity index (χ3n) is 3.27. The van der Waals surface area contributed by atoms with Crippen molar-refractivity contribution in [2.24, 2.45) is 5.92 Å². The minimum atomic E-state index is 0.898. The predicted octanol–water partition coefficient (Wildman–Crippen LogP) is 4.13. The molecule has 0 aromatic carbocycles. The summed E-state index contributed by atoms with van der Waals surface area (Å²) in [6.45, 7) is 6.69. The van der Waals surface area contributed by atoms with Crippen LogP contribution in [0.3, 0.4) is 0 Å². The molecule has 0 spiro atoms. The second-order valence-electron chi connectivity index (χ2n) is 3.99. The van der Waals surface area contributed by atoms with Gasteiger partial charge in [0.25, 0.3) is 0 Å². The summed E-state index contributed by atoms with van der Waals surface area (Å²) < 4.78 is 0. The molecule has 1 aliphatic rings. The second kappa shape index (κ2) is 4.69. The van der Waals surface area contributed by atoms with E-state index in [-0.39, 0.29) is 0 Å². The average Bonchev–Trinajstić information content (AvgIpc) is 2.17. The van der Waals surface area contributed by atoms with Crippen molar-refractivity contribution in [3.63, 3.8) is 0 Å². The molecule has 1 saturated carbocycles. The maximum absolute atomic E-state index is 2.31. The van der Waals surface area contributed by atoms with Crippen LogP contribution in [0.15, 0.2) is 11.6 Å². The molecule has 1 fully saturated rings. The van der Waals surface area contributed by atoms with Gasteiger partial charge in [-0.1, -0.05) is 37.8 Å². The highest BCUT2D eigenvalue weighted by atomic mass is 14.3. The van der Waals surface area contributed by atoms with E-state index >= 15 is 0 Å². The van der Waals surface area contributed by atoms with Crippen LogP contribution in [0.2, 0.25) is 0 Å². The molecule has 0 atom stereocenters. The lowest BCUT2D eigenvalue weighted by Gasteiger charge is -2.27. The number of rotatable bonds is 2. The largest absolute Gasteiger partial charge is 0.0881 e. The molecule has 0 aliphatic heterocycles. The fourth-order valence-electron chi connectivity index (χ4n) is 2.09. The SMILES string of the molecule is CC=C(C)[C](C)C1CCCCC1. The molecule has 0 unspecified atom stereocenters. The summed E-state index contributed by atoms with van der Waals surface area (Å²) in [6.07, 6.45) is 9.44. The summed E-state index contributed by atoms with van der Waals surface area (Å²) in [5.74, 6) is 2.53. The highest BCUT2D eigenvalue weighted by Gasteiger charge is 2.20. The van der Waals surface area contributed by atoms with E-state index in [1.54, 1.807) is 5.92 Å². The summed E-state index contributed by atoms with van der Waals surface area (Å²) in [4.78, 5) is 0. The molecule has 0 heteroatoms. The van der Waals surface area contributed by atoms with Gasteiger partial charge < -0.3 is 0 Å². The third-order valence-corrected chi connectivity index (χ3v) is 3.27. The molecular weight excluding hydrogens is 144 g/mol. The Hall–Kier alpha value is -0.260. The van der Waals surface area contributed by atoms with Gasteiger partial charge in [-0.2, -0.15) is 0 Å². The lowest BCUT2D eigenvalue weighted by Crippen LogP contribution is -2.14. The lowest BCUT2D eigenvalue weighted by molar-refractivity contribution is 0.377. The van der Waals surface area contributed by atoms with E-state index in [0.717, 1.165) is 5.92 Å². The van der Waals surface area contributed by atoms with Gasteiger partial charge in [-0.25, -0.2) is 0 Å². The summed E-state index contributed by atoms with van der Waals surface area (Å²) in [6, 6.07) is 0. The van der Waals surface area contributed by atoms with E-state index in [0.29, 0.717) is 0 Å². The monoisotopic (exact) mass is 165 g/mol. The standard InChI is InChI=1S/C12H21/c1-4-10(2)11(3)12-8-6-5-7-9-12/h4,12H,5-9H2,1-3H3. The Kier molecular flexibility index (Phi) is 3.84. The fraction of sp³-hybridized carbons (Fsp3) is 0.750. The molecule has 0 amide bonds. The van der Waals surface area contributed by atoms with Crippen molar-refractivity contribution < 1.29 is 0 Å². The molecule has 0 aromatic heterocycles. The third kappa shape index (κ3) is 2.36. The first-order valence-electron chi connectivity index (χ1n) is 5.22. The van der Waals surface area contributed by atoms with Gasteiger partial charge in [0.15, 0.2) is 0 Å². The van der Waals surface area contributed by atoms with E-state index in [1.165, 1.54) is 37.7 Å². The van der Waals surface area contributed by atoms with E-state index < -0.39 is 0 Å². The van der Waals surface area contributed by atoms with E-state index in [2.05, 4.69) is 26.8 Å². The van der Waals surface area contributed by atoms with Gasteiger partial charge in [0.1, 0.15) is 0 Å². The van der Waals surface area contributed by atoms with Gasteiger partial charge in [0.05, 0.1) is 0 Å². The van der Waals surface area contributed by atoms with Crippen molar-refractivity contribution in [2.75, 3.05) is 0 Å². The minimum Gasteiger partial charge on any atom is -0.0881 e. The van der Waals surface area contributed by atoms with Crippen LogP contribution in [0.1, 0.15) is 52.9 Å². The lowest BCUT2D eigenvalue weighted by atomic mass is 9.78.